The highest BCUT2D eigenvalue weighted by Crippen LogP contribution is 2.12. The Morgan fingerprint density at radius 1 is 1.53 bits per heavy atom. The van der Waals surface area contributed by atoms with E-state index in [1.165, 1.54) is 11.3 Å². The number of carbonyl (C=O) groups is 2. The summed E-state index contributed by atoms with van der Waals surface area (Å²) in [7, 11) is 0. The van der Waals surface area contributed by atoms with E-state index in [-0.39, 0.29) is 6.54 Å². The third kappa shape index (κ3) is 3.30. The largest absolute Gasteiger partial charge is 0.341 e. The first-order valence-corrected chi connectivity index (χ1v) is 5.21. The molecule has 0 aromatic carbocycles. The number of nitrogens with zero attached hydrogens (tertiary/aromatic N) is 1. The lowest BCUT2D eigenvalue weighted by Crippen LogP contribution is -2.42. The predicted molar refractivity (Wildman–Crippen MR) is 55.7 cm³/mol. The van der Waals surface area contributed by atoms with E-state index in [1.54, 1.807) is 11.6 Å². The molecule has 0 atom stereocenters. The summed E-state index contributed by atoms with van der Waals surface area (Å²) in [4.78, 5) is 27.0. The highest BCUT2D eigenvalue weighted by Gasteiger charge is 2.11. The third-order valence-electron chi connectivity index (χ3n) is 1.69. The molecular formula is C8H12N4O2S. The van der Waals surface area contributed by atoms with Gasteiger partial charge in [-0.1, -0.05) is 6.92 Å². The highest BCUT2D eigenvalue weighted by atomic mass is 32.1. The lowest BCUT2D eigenvalue weighted by molar-refractivity contribution is -0.139. The minimum Gasteiger partial charge on any atom is -0.341 e. The maximum Gasteiger partial charge on any atom is 0.323 e. The fourth-order valence-corrected chi connectivity index (χ4v) is 1.70. The first-order chi connectivity index (χ1) is 7.17. The summed E-state index contributed by atoms with van der Waals surface area (Å²) in [6.45, 7) is 2.27. The normalized spacial score (nSPS) is 9.73. The molecule has 0 bridgehead atoms. The summed E-state index contributed by atoms with van der Waals surface area (Å²) >= 11 is 1.51. The summed E-state index contributed by atoms with van der Waals surface area (Å²) in [6.07, 6.45) is 2.67. The molecule has 1 heterocycles. The molecular weight excluding hydrogens is 216 g/mol. The number of hydrazine groups is 1. The Bertz CT molecular complexity index is 363. The van der Waals surface area contributed by atoms with Crippen LogP contribution in [0.2, 0.25) is 0 Å². The topological polar surface area (TPSA) is 97.1 Å². The Balaban J connectivity index is 2.43. The van der Waals surface area contributed by atoms with Gasteiger partial charge in [0.1, 0.15) is 5.01 Å². The number of hydrogen-bond donors (Lipinski definition) is 3. The van der Waals surface area contributed by atoms with Crippen molar-refractivity contribution in [1.29, 1.82) is 0 Å². The van der Waals surface area contributed by atoms with Crippen LogP contribution in [0.1, 0.15) is 16.8 Å². The van der Waals surface area contributed by atoms with E-state index >= 15 is 0 Å². The van der Waals surface area contributed by atoms with Gasteiger partial charge in [0.05, 0.1) is 6.54 Å². The lowest BCUT2D eigenvalue weighted by Gasteiger charge is -2.00. The summed E-state index contributed by atoms with van der Waals surface area (Å²) in [6, 6.07) is 0. The van der Waals surface area contributed by atoms with Crippen molar-refractivity contribution >= 4 is 23.2 Å². The molecule has 0 aliphatic heterocycles. The monoisotopic (exact) mass is 228 g/mol. The van der Waals surface area contributed by atoms with Gasteiger partial charge in [0.25, 0.3) is 0 Å². The van der Waals surface area contributed by atoms with E-state index in [2.05, 4.69) is 10.3 Å². The first kappa shape index (κ1) is 11.6. The molecule has 0 saturated carbocycles. The maximum absolute atomic E-state index is 11.0. The first-order valence-electron chi connectivity index (χ1n) is 4.39. The minimum atomic E-state index is -0.859. The molecule has 0 saturated heterocycles. The third-order valence-corrected chi connectivity index (χ3v) is 2.83. The summed E-state index contributed by atoms with van der Waals surface area (Å²) in [5.41, 5.74) is 1.75. The van der Waals surface area contributed by atoms with Crippen molar-refractivity contribution in [2.75, 3.05) is 0 Å². The van der Waals surface area contributed by atoms with Gasteiger partial charge in [0, 0.05) is 11.1 Å². The van der Waals surface area contributed by atoms with Crippen LogP contribution in [0, 0.1) is 0 Å². The van der Waals surface area contributed by atoms with Crippen molar-refractivity contribution in [3.8, 4) is 0 Å². The molecule has 82 valence electrons. The van der Waals surface area contributed by atoms with Gasteiger partial charge >= 0.3 is 11.8 Å². The van der Waals surface area contributed by atoms with Gasteiger partial charge in [-0.3, -0.25) is 15.0 Å². The van der Waals surface area contributed by atoms with Gasteiger partial charge in [-0.15, -0.1) is 11.3 Å². The van der Waals surface area contributed by atoms with E-state index in [1.807, 2.05) is 6.92 Å². The molecule has 0 spiro atoms. The number of aromatic nitrogens is 1. The molecule has 0 unspecified atom stereocenters. The van der Waals surface area contributed by atoms with Crippen molar-refractivity contribution < 1.29 is 9.59 Å². The van der Waals surface area contributed by atoms with Crippen LogP contribution >= 0.6 is 11.3 Å². The van der Waals surface area contributed by atoms with Crippen molar-refractivity contribution in [2.45, 2.75) is 19.9 Å². The van der Waals surface area contributed by atoms with Gasteiger partial charge < -0.3 is 5.32 Å². The summed E-state index contributed by atoms with van der Waals surface area (Å²) < 4.78 is 0. The van der Waals surface area contributed by atoms with Crippen LogP contribution in [0.4, 0.5) is 0 Å². The van der Waals surface area contributed by atoms with Crippen LogP contribution in [-0.4, -0.2) is 16.8 Å². The SMILES string of the molecule is CCc1cnc(CNC(=O)C(=O)NN)s1. The zero-order valence-corrected chi connectivity index (χ0v) is 9.06. The Morgan fingerprint density at radius 2 is 2.27 bits per heavy atom. The lowest BCUT2D eigenvalue weighted by atomic mass is 10.4. The van der Waals surface area contributed by atoms with Gasteiger partial charge in [0.2, 0.25) is 0 Å². The van der Waals surface area contributed by atoms with Crippen LogP contribution < -0.4 is 16.6 Å². The fraction of sp³-hybridized carbons (Fsp3) is 0.375. The smallest absolute Gasteiger partial charge is 0.323 e. The molecule has 15 heavy (non-hydrogen) atoms. The molecule has 1 aromatic rings. The Morgan fingerprint density at radius 3 is 2.80 bits per heavy atom. The molecule has 0 fully saturated rings. The van der Waals surface area contributed by atoms with Gasteiger partial charge in [-0.25, -0.2) is 10.8 Å². The average molecular weight is 228 g/mol. The molecule has 2 amide bonds. The van der Waals surface area contributed by atoms with E-state index in [9.17, 15) is 9.59 Å². The number of hydrogen-bond acceptors (Lipinski definition) is 5. The van der Waals surface area contributed by atoms with Gasteiger partial charge in [-0.05, 0) is 6.42 Å². The maximum atomic E-state index is 11.0. The number of carbonyl (C=O) groups excluding carboxylic acids is 2. The zero-order chi connectivity index (χ0) is 11.3. The molecule has 4 N–H and O–H groups in total. The van der Waals surface area contributed by atoms with Crippen molar-refractivity contribution in [1.82, 2.24) is 15.7 Å². The standard InChI is InChI=1S/C8H12N4O2S/c1-2-5-3-10-6(15-5)4-11-7(13)8(14)12-9/h3H,2,4,9H2,1H3,(H,11,13)(H,12,14). The number of nitrogens with two attached hydrogens (primary N) is 1. The van der Waals surface area contributed by atoms with E-state index < -0.39 is 11.8 Å². The van der Waals surface area contributed by atoms with E-state index in [4.69, 9.17) is 5.84 Å². The van der Waals surface area contributed by atoms with Crippen molar-refractivity contribution in [3.05, 3.63) is 16.1 Å². The van der Waals surface area contributed by atoms with Crippen LogP contribution in [0.15, 0.2) is 6.20 Å². The van der Waals surface area contributed by atoms with Crippen molar-refractivity contribution in [2.24, 2.45) is 5.84 Å². The van der Waals surface area contributed by atoms with Crippen LogP contribution in [0.5, 0.6) is 0 Å². The van der Waals surface area contributed by atoms with Crippen LogP contribution in [0.25, 0.3) is 0 Å². The molecule has 0 aliphatic rings. The Labute approximate surface area is 90.8 Å². The molecule has 0 radical (unpaired) electrons. The number of rotatable bonds is 3. The van der Waals surface area contributed by atoms with Crippen LogP contribution in [0.3, 0.4) is 0 Å². The van der Waals surface area contributed by atoms with E-state index in [0.29, 0.717) is 0 Å². The zero-order valence-electron chi connectivity index (χ0n) is 8.24. The number of amides is 2. The highest BCUT2D eigenvalue weighted by molar-refractivity contribution is 7.11. The summed E-state index contributed by atoms with van der Waals surface area (Å²) in [5.74, 6) is 3.18. The van der Waals surface area contributed by atoms with Crippen LogP contribution in [-0.2, 0) is 22.6 Å². The van der Waals surface area contributed by atoms with E-state index in [0.717, 1.165) is 16.3 Å². The molecule has 6 nitrogen and oxygen atoms in total. The fourth-order valence-electron chi connectivity index (χ4n) is 0.895. The minimum absolute atomic E-state index is 0.247. The number of aryl methyl sites for hydroxylation is 1. The van der Waals surface area contributed by atoms with Gasteiger partial charge in [-0.2, -0.15) is 0 Å². The molecule has 7 heteroatoms. The number of thiazole rings is 1. The molecule has 1 aromatic heterocycles. The second-order valence-corrected chi connectivity index (χ2v) is 3.93. The second kappa shape index (κ2) is 5.42. The van der Waals surface area contributed by atoms with Gasteiger partial charge in [0.15, 0.2) is 0 Å². The average Bonchev–Trinajstić information content (AvgIpc) is 2.72. The molecule has 1 rings (SSSR count). The molecule has 0 aliphatic carbocycles. The Hall–Kier alpha value is -1.47. The quantitative estimate of drug-likeness (QED) is 0.276. The van der Waals surface area contributed by atoms with Crippen molar-refractivity contribution in [3.63, 3.8) is 0 Å². The summed E-state index contributed by atoms with van der Waals surface area (Å²) in [5, 5.41) is 3.17. The predicted octanol–water partition coefficient (Wildman–Crippen LogP) is -0.688. The Kier molecular flexibility index (Phi) is 4.19. The second-order valence-electron chi connectivity index (χ2n) is 2.73. The number of nitrogens with one attached hydrogen (secondary N) is 2.